The van der Waals surface area contributed by atoms with E-state index >= 15 is 0 Å². The van der Waals surface area contributed by atoms with E-state index in [1.54, 1.807) is 18.7 Å². The Kier molecular flexibility index (Phi) is 7.08. The van der Waals surface area contributed by atoms with Crippen LogP contribution in [-0.4, -0.2) is 83.4 Å². The molecule has 33 heavy (non-hydrogen) atoms. The Morgan fingerprint density at radius 2 is 2.15 bits per heavy atom. The molecule has 0 spiro atoms. The van der Waals surface area contributed by atoms with Crippen molar-refractivity contribution in [1.82, 2.24) is 29.7 Å². The van der Waals surface area contributed by atoms with E-state index in [4.69, 9.17) is 7.85 Å². The lowest BCUT2D eigenvalue weighted by atomic mass is 9.99. The summed E-state index contributed by atoms with van der Waals surface area (Å²) in [5.74, 6) is 0.964. The Morgan fingerprint density at radius 3 is 2.91 bits per heavy atom. The maximum atomic E-state index is 12.6. The number of urea groups is 1. The van der Waals surface area contributed by atoms with Crippen LogP contribution in [0.15, 0.2) is 43.0 Å². The quantitative estimate of drug-likeness (QED) is 0.389. The molecule has 1 fully saturated rings. The zero-order valence-corrected chi connectivity index (χ0v) is 18.9. The number of aromatic amines is 1. The number of carbonyl (C=O) groups is 1. The molecule has 0 aliphatic carbocycles. The van der Waals surface area contributed by atoms with E-state index in [2.05, 4.69) is 40.8 Å². The van der Waals surface area contributed by atoms with E-state index in [0.717, 1.165) is 37.3 Å². The lowest BCUT2D eigenvalue weighted by Crippen LogP contribution is -2.36. The van der Waals surface area contributed by atoms with Crippen molar-refractivity contribution in [1.29, 1.82) is 0 Å². The van der Waals surface area contributed by atoms with Gasteiger partial charge in [-0.2, -0.15) is 4.98 Å². The molecule has 4 rings (SSSR count). The van der Waals surface area contributed by atoms with E-state index in [1.165, 1.54) is 0 Å². The summed E-state index contributed by atoms with van der Waals surface area (Å²) in [5.41, 5.74) is 2.95. The van der Waals surface area contributed by atoms with E-state index < -0.39 is 0 Å². The molecular formula is C22H28BN9O. The Hall–Kier alpha value is -3.60. The van der Waals surface area contributed by atoms with Gasteiger partial charge >= 0.3 is 6.03 Å². The fourth-order valence-corrected chi connectivity index (χ4v) is 3.68. The van der Waals surface area contributed by atoms with Crippen LogP contribution in [0.25, 0.3) is 0 Å². The van der Waals surface area contributed by atoms with Gasteiger partial charge in [0.05, 0.1) is 6.33 Å². The maximum absolute atomic E-state index is 12.6. The first-order chi connectivity index (χ1) is 16.0. The highest BCUT2D eigenvalue weighted by Crippen LogP contribution is 2.20. The van der Waals surface area contributed by atoms with Gasteiger partial charge in [0, 0.05) is 61.6 Å². The second-order valence-corrected chi connectivity index (χ2v) is 8.24. The number of amides is 2. The first-order valence-electron chi connectivity index (χ1n) is 10.9. The lowest BCUT2D eigenvalue weighted by molar-refractivity contribution is 0.216. The van der Waals surface area contributed by atoms with Crippen LogP contribution in [0.5, 0.6) is 0 Å². The number of nitrogens with one attached hydrogen (secondary N) is 4. The second kappa shape index (κ2) is 10.3. The molecule has 11 heteroatoms. The van der Waals surface area contributed by atoms with Gasteiger partial charge in [-0.3, -0.25) is 0 Å². The fraction of sp³-hybridized carbons (Fsp3) is 0.364. The van der Waals surface area contributed by atoms with Crippen LogP contribution < -0.4 is 21.4 Å². The molecule has 4 N–H and O–H groups in total. The Morgan fingerprint density at radius 1 is 1.30 bits per heavy atom. The monoisotopic (exact) mass is 445 g/mol. The molecule has 1 aromatic carbocycles. The number of hydrogen-bond donors (Lipinski definition) is 4. The number of imidazole rings is 1. The highest BCUT2D eigenvalue weighted by molar-refractivity contribution is 6.35. The third-order valence-corrected chi connectivity index (χ3v) is 5.61. The average Bonchev–Trinajstić information content (AvgIpc) is 3.49. The van der Waals surface area contributed by atoms with E-state index in [1.807, 2.05) is 43.3 Å². The number of hydrogen-bond acceptors (Lipinski definition) is 7. The molecule has 1 aliphatic heterocycles. The fourth-order valence-electron chi connectivity index (χ4n) is 3.68. The molecule has 10 nitrogen and oxygen atoms in total. The van der Waals surface area contributed by atoms with Gasteiger partial charge in [-0.25, -0.2) is 14.8 Å². The van der Waals surface area contributed by atoms with Crippen LogP contribution >= 0.6 is 0 Å². The summed E-state index contributed by atoms with van der Waals surface area (Å²) in [4.78, 5) is 32.5. The number of anilines is 4. The lowest BCUT2D eigenvalue weighted by Gasteiger charge is -2.21. The third-order valence-electron chi connectivity index (χ3n) is 5.61. The van der Waals surface area contributed by atoms with Crippen molar-refractivity contribution in [2.45, 2.75) is 18.9 Å². The van der Waals surface area contributed by atoms with Crippen molar-refractivity contribution in [3.63, 3.8) is 0 Å². The number of carbonyl (C=O) groups excluding carboxylic acids is 1. The number of rotatable bonds is 8. The predicted octanol–water partition coefficient (Wildman–Crippen LogP) is 1.56. The van der Waals surface area contributed by atoms with E-state index in [-0.39, 0.29) is 6.03 Å². The Balaban J connectivity index is 1.35. The van der Waals surface area contributed by atoms with Gasteiger partial charge in [-0.05, 0) is 44.2 Å². The van der Waals surface area contributed by atoms with Crippen LogP contribution in [0.1, 0.15) is 12.1 Å². The summed E-state index contributed by atoms with van der Waals surface area (Å²) in [6, 6.07) is 7.76. The van der Waals surface area contributed by atoms with Crippen molar-refractivity contribution in [2.75, 3.05) is 49.7 Å². The average molecular weight is 445 g/mol. The Bertz CT molecular complexity index is 1070. The number of H-pyrrole nitrogens is 1. The van der Waals surface area contributed by atoms with Gasteiger partial charge in [-0.15, -0.1) is 0 Å². The molecule has 3 aromatic rings. The minimum absolute atomic E-state index is 0.0935. The molecule has 0 bridgehead atoms. The number of nitrogens with zero attached hydrogens (tertiary/aromatic N) is 5. The zero-order valence-electron chi connectivity index (χ0n) is 18.9. The van der Waals surface area contributed by atoms with Gasteiger partial charge in [-0.1, -0.05) is 6.07 Å². The molecule has 0 unspecified atom stereocenters. The minimum Gasteiger partial charge on any atom is -0.370 e. The number of benzene rings is 1. The molecule has 2 aromatic heterocycles. The molecule has 0 saturated carbocycles. The Labute approximate surface area is 194 Å². The smallest absolute Gasteiger partial charge is 0.321 e. The molecule has 2 amide bonds. The van der Waals surface area contributed by atoms with Crippen LogP contribution in [0.2, 0.25) is 0 Å². The molecule has 1 saturated heterocycles. The van der Waals surface area contributed by atoms with Gasteiger partial charge in [0.15, 0.2) is 0 Å². The van der Waals surface area contributed by atoms with Crippen molar-refractivity contribution in [3.05, 3.63) is 48.7 Å². The molecule has 170 valence electrons. The molecule has 2 radical (unpaired) electrons. The highest BCUT2D eigenvalue weighted by atomic mass is 16.2. The van der Waals surface area contributed by atoms with Crippen LogP contribution in [-0.2, 0) is 6.42 Å². The summed E-state index contributed by atoms with van der Waals surface area (Å²) in [6.45, 7) is 2.13. The molecular weight excluding hydrogens is 417 g/mol. The van der Waals surface area contributed by atoms with Crippen molar-refractivity contribution >= 4 is 42.5 Å². The third kappa shape index (κ3) is 6.01. The van der Waals surface area contributed by atoms with Crippen LogP contribution in [0, 0.1) is 0 Å². The maximum Gasteiger partial charge on any atom is 0.321 e. The van der Waals surface area contributed by atoms with E-state index in [9.17, 15) is 4.79 Å². The van der Waals surface area contributed by atoms with Gasteiger partial charge in [0.2, 0.25) is 5.95 Å². The van der Waals surface area contributed by atoms with Gasteiger partial charge in [0.25, 0.3) is 0 Å². The molecule has 1 aliphatic rings. The number of likely N-dealkylation sites (N-methyl/N-ethyl adjacent to an activating group) is 1. The zero-order chi connectivity index (χ0) is 23.2. The SMILES string of the molecule is [B]c1cnc(Nc2cccc(NC(=O)N3CC[C@H](N(C)C)C3)c2)nc1NCCc1cnc[nH]1. The highest BCUT2D eigenvalue weighted by Gasteiger charge is 2.27. The molecule has 3 heterocycles. The second-order valence-electron chi connectivity index (χ2n) is 8.24. The first kappa shape index (κ1) is 22.6. The normalized spacial score (nSPS) is 15.6. The largest absolute Gasteiger partial charge is 0.370 e. The molecule has 1 atom stereocenters. The van der Waals surface area contributed by atoms with Gasteiger partial charge in [0.1, 0.15) is 13.7 Å². The summed E-state index contributed by atoms with van der Waals surface area (Å²) in [6.07, 6.45) is 6.75. The summed E-state index contributed by atoms with van der Waals surface area (Å²) in [7, 11) is 10.1. The van der Waals surface area contributed by atoms with Gasteiger partial charge < -0.3 is 30.7 Å². The topological polar surface area (TPSA) is 114 Å². The summed E-state index contributed by atoms with van der Waals surface area (Å²) < 4.78 is 0. The summed E-state index contributed by atoms with van der Waals surface area (Å²) in [5, 5.41) is 9.38. The van der Waals surface area contributed by atoms with E-state index in [0.29, 0.717) is 35.5 Å². The minimum atomic E-state index is -0.0935. The van der Waals surface area contributed by atoms with Crippen LogP contribution in [0.3, 0.4) is 0 Å². The van der Waals surface area contributed by atoms with Crippen molar-refractivity contribution in [3.8, 4) is 0 Å². The van der Waals surface area contributed by atoms with Crippen molar-refractivity contribution < 1.29 is 4.79 Å². The number of aromatic nitrogens is 4. The van der Waals surface area contributed by atoms with Crippen LogP contribution in [0.4, 0.5) is 27.9 Å². The predicted molar refractivity (Wildman–Crippen MR) is 131 cm³/mol. The van der Waals surface area contributed by atoms with Crippen molar-refractivity contribution in [2.24, 2.45) is 0 Å². The number of likely N-dealkylation sites (tertiary alicyclic amines) is 1. The standard InChI is InChI=1S/C22H28BN9O/c1-31(2)18-7-9-32(13-18)22(33)29-16-5-3-4-15(10-16)28-21-26-12-19(23)20(30-21)25-8-6-17-11-24-14-27-17/h3-5,10-12,14,18H,6-9,13H2,1-2H3,(H,24,27)(H,29,33)(H2,25,26,28,30)/t18-/m0/s1. The first-order valence-corrected chi connectivity index (χ1v) is 10.9. The summed E-state index contributed by atoms with van der Waals surface area (Å²) >= 11 is 0.